The average Bonchev–Trinajstić information content (AvgIpc) is 3.05. The van der Waals surface area contributed by atoms with E-state index in [1.165, 1.54) is 0 Å². The van der Waals surface area contributed by atoms with Gasteiger partial charge in [0.25, 0.3) is 0 Å². The Kier molecular flexibility index (Phi) is 2.86. The summed E-state index contributed by atoms with van der Waals surface area (Å²) in [6, 6.07) is 5.29. The van der Waals surface area contributed by atoms with E-state index in [4.69, 9.17) is 14.2 Å². The van der Waals surface area contributed by atoms with Gasteiger partial charge in [0.2, 0.25) is 6.79 Å². The first-order valence-corrected chi connectivity index (χ1v) is 8.41. The van der Waals surface area contributed by atoms with Crippen molar-refractivity contribution in [3.05, 3.63) is 40.1 Å². The van der Waals surface area contributed by atoms with E-state index < -0.39 is 0 Å². The van der Waals surface area contributed by atoms with Crippen molar-refractivity contribution in [1.82, 2.24) is 0 Å². The molecule has 2 aliphatic heterocycles. The summed E-state index contributed by atoms with van der Waals surface area (Å²) in [5.74, 6) is 2.05. The number of quaternary nitrogens is 1. The lowest BCUT2D eigenvalue weighted by molar-refractivity contribution is -0.894. The number of rotatable bonds is 1. The number of hydrogen-bond donors (Lipinski definition) is 1. The van der Waals surface area contributed by atoms with Gasteiger partial charge in [0.05, 0.1) is 20.7 Å². The molecule has 130 valence electrons. The number of ether oxygens (including phenoxy) is 3. The molecule has 0 aromatic heterocycles. The standard InChI is InChI=1S/C19H19NO5/c1-20(22)4-3-10-7-15-19(25-9-24-15)18-16(10)13(20)6-11-5-12(23-2)8-14(21)17(11)18/h5,7-8,13,21H,3-4,6,9H2,1-2H3/t13-,20-/m1/s1. The predicted octanol–water partition coefficient (Wildman–Crippen LogP) is 2.89. The third kappa shape index (κ3) is 1.92. The van der Waals surface area contributed by atoms with Crippen molar-refractivity contribution in [2.24, 2.45) is 0 Å². The number of hydroxylamine groups is 3. The first-order valence-electron chi connectivity index (χ1n) is 8.41. The molecule has 2 aromatic rings. The maximum Gasteiger partial charge on any atom is 0.231 e. The van der Waals surface area contributed by atoms with Gasteiger partial charge in [-0.05, 0) is 23.3 Å². The van der Waals surface area contributed by atoms with Crippen LogP contribution in [0.5, 0.6) is 23.0 Å². The summed E-state index contributed by atoms with van der Waals surface area (Å²) in [6.45, 7) is 0.688. The summed E-state index contributed by atoms with van der Waals surface area (Å²) in [5.41, 5.74) is 4.58. The van der Waals surface area contributed by atoms with Gasteiger partial charge < -0.3 is 29.2 Å². The highest BCUT2D eigenvalue weighted by atomic mass is 16.7. The van der Waals surface area contributed by atoms with E-state index in [1.807, 2.05) is 12.1 Å². The van der Waals surface area contributed by atoms with E-state index in [-0.39, 0.29) is 23.2 Å². The molecule has 0 unspecified atom stereocenters. The van der Waals surface area contributed by atoms with Crippen molar-refractivity contribution in [3.8, 4) is 34.1 Å². The molecule has 3 aliphatic rings. The number of nitrogens with zero attached hydrogens (tertiary/aromatic N) is 1. The largest absolute Gasteiger partial charge is 0.633 e. The van der Waals surface area contributed by atoms with Gasteiger partial charge in [-0.15, -0.1) is 0 Å². The van der Waals surface area contributed by atoms with Gasteiger partial charge in [-0.1, -0.05) is 0 Å². The minimum Gasteiger partial charge on any atom is -0.633 e. The highest BCUT2D eigenvalue weighted by Gasteiger charge is 2.43. The van der Waals surface area contributed by atoms with E-state index in [2.05, 4.69) is 0 Å². The first kappa shape index (κ1) is 14.9. The van der Waals surface area contributed by atoms with Crippen molar-refractivity contribution >= 4 is 0 Å². The first-order chi connectivity index (χ1) is 12.0. The molecule has 2 heterocycles. The fourth-order valence-electron chi connectivity index (χ4n) is 4.44. The Morgan fingerprint density at radius 2 is 2.04 bits per heavy atom. The molecule has 6 nitrogen and oxygen atoms in total. The molecule has 2 atom stereocenters. The Morgan fingerprint density at radius 3 is 2.84 bits per heavy atom. The molecule has 2 aromatic carbocycles. The van der Waals surface area contributed by atoms with Crippen molar-refractivity contribution < 1.29 is 24.0 Å². The number of benzene rings is 2. The molecule has 0 fully saturated rings. The molecule has 0 amide bonds. The minimum absolute atomic E-state index is 0.143. The molecule has 5 rings (SSSR count). The molecule has 6 heteroatoms. The summed E-state index contributed by atoms with van der Waals surface area (Å²) in [5, 5.41) is 23.8. The second-order valence-corrected chi connectivity index (χ2v) is 7.11. The van der Waals surface area contributed by atoms with Crippen molar-refractivity contribution in [2.75, 3.05) is 27.5 Å². The maximum atomic E-state index is 13.2. The van der Waals surface area contributed by atoms with Crippen molar-refractivity contribution in [3.63, 3.8) is 0 Å². The predicted molar refractivity (Wildman–Crippen MR) is 90.8 cm³/mol. The van der Waals surface area contributed by atoms with Crippen LogP contribution in [0, 0.1) is 5.21 Å². The fraction of sp³-hybridized carbons (Fsp3) is 0.368. The van der Waals surface area contributed by atoms with Crippen LogP contribution in [0.1, 0.15) is 22.7 Å². The highest BCUT2D eigenvalue weighted by molar-refractivity contribution is 5.87. The normalized spacial score (nSPS) is 25.3. The third-order valence-corrected chi connectivity index (χ3v) is 5.68. The fourth-order valence-corrected chi connectivity index (χ4v) is 4.44. The summed E-state index contributed by atoms with van der Waals surface area (Å²) < 4.78 is 16.3. The number of fused-ring (bicyclic) bond motifs is 4. The van der Waals surface area contributed by atoms with Gasteiger partial charge in [0, 0.05) is 35.6 Å². The van der Waals surface area contributed by atoms with Gasteiger partial charge in [0.15, 0.2) is 11.5 Å². The number of phenols is 1. The van der Waals surface area contributed by atoms with Gasteiger partial charge in [-0.3, -0.25) is 0 Å². The molecule has 0 spiro atoms. The smallest absolute Gasteiger partial charge is 0.231 e. The number of likely N-dealkylation sites (N-methyl/N-ethyl adjacent to an activating group) is 1. The quantitative estimate of drug-likeness (QED) is 0.638. The van der Waals surface area contributed by atoms with E-state index in [0.29, 0.717) is 36.6 Å². The van der Waals surface area contributed by atoms with Crippen LogP contribution in [-0.4, -0.2) is 37.2 Å². The average molecular weight is 341 g/mol. The molecule has 25 heavy (non-hydrogen) atoms. The van der Waals surface area contributed by atoms with Crippen molar-refractivity contribution in [1.29, 1.82) is 0 Å². The maximum absolute atomic E-state index is 13.2. The van der Waals surface area contributed by atoms with Gasteiger partial charge >= 0.3 is 0 Å². The highest BCUT2D eigenvalue weighted by Crippen LogP contribution is 2.57. The zero-order valence-electron chi connectivity index (χ0n) is 14.2. The van der Waals surface area contributed by atoms with Crippen LogP contribution in [-0.2, 0) is 12.8 Å². The van der Waals surface area contributed by atoms with Gasteiger partial charge in [-0.25, -0.2) is 0 Å². The zero-order chi connectivity index (χ0) is 17.3. The van der Waals surface area contributed by atoms with Gasteiger partial charge in [0.1, 0.15) is 17.5 Å². The molecule has 0 saturated heterocycles. The van der Waals surface area contributed by atoms with Gasteiger partial charge in [-0.2, -0.15) is 0 Å². The van der Waals surface area contributed by atoms with E-state index in [0.717, 1.165) is 27.8 Å². The number of hydrogen-bond acceptors (Lipinski definition) is 5. The monoisotopic (exact) mass is 341 g/mol. The van der Waals surface area contributed by atoms with Crippen LogP contribution in [0.15, 0.2) is 18.2 Å². The summed E-state index contributed by atoms with van der Waals surface area (Å²) in [4.78, 5) is 0. The SMILES string of the molecule is COc1cc(O)c2c(c1)C[C@@H]1c3c(cc4c(c3-2)OCO4)CC[N@@+]1(C)[O-]. The van der Waals surface area contributed by atoms with Crippen LogP contribution in [0.25, 0.3) is 11.1 Å². The lowest BCUT2D eigenvalue weighted by Crippen LogP contribution is -2.48. The summed E-state index contributed by atoms with van der Waals surface area (Å²) in [7, 11) is 3.30. The summed E-state index contributed by atoms with van der Waals surface area (Å²) >= 11 is 0. The molecular weight excluding hydrogens is 322 g/mol. The zero-order valence-corrected chi connectivity index (χ0v) is 14.2. The van der Waals surface area contributed by atoms with Crippen LogP contribution in [0.2, 0.25) is 0 Å². The number of methoxy groups -OCH3 is 1. The van der Waals surface area contributed by atoms with E-state index in [1.54, 1.807) is 20.2 Å². The van der Waals surface area contributed by atoms with Crippen LogP contribution in [0.4, 0.5) is 0 Å². The molecule has 1 aliphatic carbocycles. The Hall–Kier alpha value is -2.44. The Morgan fingerprint density at radius 1 is 1.20 bits per heavy atom. The second-order valence-electron chi connectivity index (χ2n) is 7.11. The Labute approximate surface area is 145 Å². The topological polar surface area (TPSA) is 71.0 Å². The molecule has 0 radical (unpaired) electrons. The van der Waals surface area contributed by atoms with Crippen LogP contribution in [0.3, 0.4) is 0 Å². The molecule has 0 saturated carbocycles. The number of aromatic hydroxyl groups is 1. The van der Waals surface area contributed by atoms with Crippen LogP contribution >= 0.6 is 0 Å². The minimum atomic E-state index is -0.322. The second kappa shape index (κ2) is 4.80. The molecule has 1 N–H and O–H groups in total. The lowest BCUT2D eigenvalue weighted by atomic mass is 9.76. The van der Waals surface area contributed by atoms with E-state index in [9.17, 15) is 10.3 Å². The summed E-state index contributed by atoms with van der Waals surface area (Å²) in [6.07, 6.45) is 1.27. The lowest BCUT2D eigenvalue weighted by Gasteiger charge is -2.51. The number of phenolic OH excluding ortho intramolecular Hbond substituents is 1. The Balaban J connectivity index is 1.87. The molecular formula is C19H19NO5. The van der Waals surface area contributed by atoms with E-state index >= 15 is 0 Å². The van der Waals surface area contributed by atoms with Crippen molar-refractivity contribution in [2.45, 2.75) is 18.9 Å². The molecule has 0 bridgehead atoms. The Bertz CT molecular complexity index is 905. The van der Waals surface area contributed by atoms with Crippen LogP contribution < -0.4 is 14.2 Å². The third-order valence-electron chi connectivity index (χ3n) is 5.68.